The average Bonchev–Trinajstić information content (AvgIpc) is 2.92. The molecule has 0 N–H and O–H groups in total. The first-order chi connectivity index (χ1) is 10.1. The minimum absolute atomic E-state index is 0.0260. The van der Waals surface area contributed by atoms with E-state index in [9.17, 15) is 4.79 Å². The third-order valence-corrected chi connectivity index (χ3v) is 4.42. The van der Waals surface area contributed by atoms with Gasteiger partial charge < -0.3 is 9.26 Å². The van der Waals surface area contributed by atoms with Gasteiger partial charge in [-0.25, -0.2) is 0 Å². The summed E-state index contributed by atoms with van der Waals surface area (Å²) in [6, 6.07) is 7.47. The van der Waals surface area contributed by atoms with E-state index in [1.165, 1.54) is 7.11 Å². The molecule has 0 amide bonds. The monoisotopic (exact) mass is 305 g/mol. The van der Waals surface area contributed by atoms with Crippen LogP contribution in [0.1, 0.15) is 30.6 Å². The minimum Gasteiger partial charge on any atom is -0.469 e. The van der Waals surface area contributed by atoms with Crippen molar-refractivity contribution in [2.45, 2.75) is 25.7 Å². The predicted octanol–water partition coefficient (Wildman–Crippen LogP) is 3.83. The molecule has 2 unspecified atom stereocenters. The molecule has 1 aromatic heterocycles. The van der Waals surface area contributed by atoms with Crippen molar-refractivity contribution in [3.05, 3.63) is 40.6 Å². The third kappa shape index (κ3) is 2.44. The lowest BCUT2D eigenvalue weighted by Crippen LogP contribution is -2.26. The summed E-state index contributed by atoms with van der Waals surface area (Å²) >= 11 is 5.92. The molecular formula is C16H16ClNO3. The molecule has 3 rings (SSSR count). The van der Waals surface area contributed by atoms with Gasteiger partial charge in [-0.3, -0.25) is 4.79 Å². The number of benzene rings is 1. The van der Waals surface area contributed by atoms with E-state index in [1.54, 1.807) is 0 Å². The van der Waals surface area contributed by atoms with Crippen molar-refractivity contribution in [3.63, 3.8) is 0 Å². The molecule has 0 saturated carbocycles. The quantitative estimate of drug-likeness (QED) is 0.791. The van der Waals surface area contributed by atoms with Crippen molar-refractivity contribution in [1.29, 1.82) is 0 Å². The van der Waals surface area contributed by atoms with E-state index >= 15 is 0 Å². The molecule has 0 bridgehead atoms. The fourth-order valence-corrected chi connectivity index (χ4v) is 3.13. The molecule has 0 fully saturated rings. The van der Waals surface area contributed by atoms with Gasteiger partial charge in [-0.05, 0) is 18.6 Å². The maximum atomic E-state index is 11.9. The molecule has 1 aromatic carbocycles. The van der Waals surface area contributed by atoms with Crippen LogP contribution in [-0.2, 0) is 16.0 Å². The normalized spacial score (nSPS) is 20.9. The number of hydrogen-bond donors (Lipinski definition) is 0. The summed E-state index contributed by atoms with van der Waals surface area (Å²) in [5.74, 6) is 0.579. The first-order valence-corrected chi connectivity index (χ1v) is 7.31. The Morgan fingerprint density at radius 3 is 2.76 bits per heavy atom. The number of esters is 1. The van der Waals surface area contributed by atoms with Crippen molar-refractivity contribution in [3.8, 4) is 11.3 Å². The number of carbonyl (C=O) groups is 1. The number of hydrogen-bond acceptors (Lipinski definition) is 4. The molecule has 4 nitrogen and oxygen atoms in total. The summed E-state index contributed by atoms with van der Waals surface area (Å²) in [5.41, 5.74) is 2.75. The second-order valence-corrected chi connectivity index (χ2v) is 5.77. The lowest BCUT2D eigenvalue weighted by atomic mass is 9.77. The van der Waals surface area contributed by atoms with Crippen molar-refractivity contribution < 1.29 is 14.1 Å². The molecule has 5 heteroatoms. The molecule has 0 aliphatic heterocycles. The Bertz CT molecular complexity index is 663. The second kappa shape index (κ2) is 5.53. The second-order valence-electron chi connectivity index (χ2n) is 5.33. The number of ether oxygens (including phenoxy) is 1. The van der Waals surface area contributed by atoms with Crippen LogP contribution in [0.3, 0.4) is 0 Å². The highest BCUT2D eigenvalue weighted by molar-refractivity contribution is 6.30. The molecule has 1 aliphatic rings. The number of halogens is 1. The summed E-state index contributed by atoms with van der Waals surface area (Å²) in [7, 11) is 1.43. The zero-order chi connectivity index (χ0) is 15.0. The number of carbonyl (C=O) groups excluding carboxylic acids is 1. The van der Waals surface area contributed by atoms with Crippen LogP contribution >= 0.6 is 11.6 Å². The first-order valence-electron chi connectivity index (χ1n) is 6.94. The van der Waals surface area contributed by atoms with Crippen LogP contribution in [0.15, 0.2) is 28.8 Å². The molecule has 1 aliphatic carbocycles. The van der Waals surface area contributed by atoms with Gasteiger partial charge in [-0.2, -0.15) is 0 Å². The van der Waals surface area contributed by atoms with Crippen LogP contribution in [-0.4, -0.2) is 18.2 Å². The van der Waals surface area contributed by atoms with Crippen LogP contribution in [0.2, 0.25) is 5.02 Å². The third-order valence-electron chi connectivity index (χ3n) is 4.17. The molecule has 0 radical (unpaired) electrons. The fourth-order valence-electron chi connectivity index (χ4n) is 3.01. The van der Waals surface area contributed by atoms with Crippen molar-refractivity contribution in [2.24, 2.45) is 5.92 Å². The van der Waals surface area contributed by atoms with Crippen LogP contribution in [0, 0.1) is 5.92 Å². The van der Waals surface area contributed by atoms with Gasteiger partial charge >= 0.3 is 5.97 Å². The SMILES string of the molecule is COC(=O)C1CCc2onc(-c3ccc(Cl)cc3)c2C1C. The van der Waals surface area contributed by atoms with E-state index in [1.807, 2.05) is 31.2 Å². The van der Waals surface area contributed by atoms with E-state index in [4.69, 9.17) is 20.9 Å². The number of rotatable bonds is 2. The summed E-state index contributed by atoms with van der Waals surface area (Å²) in [5, 5.41) is 4.87. The summed E-state index contributed by atoms with van der Waals surface area (Å²) in [4.78, 5) is 11.9. The number of methoxy groups -OCH3 is 1. The Hall–Kier alpha value is -1.81. The van der Waals surface area contributed by atoms with Gasteiger partial charge in [0.1, 0.15) is 11.5 Å². The van der Waals surface area contributed by atoms with E-state index in [0.29, 0.717) is 11.4 Å². The first kappa shape index (κ1) is 14.1. The summed E-state index contributed by atoms with van der Waals surface area (Å²) in [6.45, 7) is 2.02. The number of aryl methyl sites for hydroxylation is 1. The fraction of sp³-hybridized carbons (Fsp3) is 0.375. The predicted molar refractivity (Wildman–Crippen MR) is 79.2 cm³/mol. The Kier molecular flexibility index (Phi) is 3.72. The smallest absolute Gasteiger partial charge is 0.309 e. The molecule has 0 spiro atoms. The number of aromatic nitrogens is 1. The lowest BCUT2D eigenvalue weighted by Gasteiger charge is -2.26. The lowest BCUT2D eigenvalue weighted by molar-refractivity contribution is -0.146. The molecule has 0 saturated heterocycles. The van der Waals surface area contributed by atoms with Crippen LogP contribution in [0.5, 0.6) is 0 Å². The van der Waals surface area contributed by atoms with Crippen molar-refractivity contribution in [1.82, 2.24) is 5.16 Å². The summed E-state index contributed by atoms with van der Waals surface area (Å²) in [6.07, 6.45) is 1.44. The van der Waals surface area contributed by atoms with E-state index in [0.717, 1.165) is 29.0 Å². The molecule has 1 heterocycles. The topological polar surface area (TPSA) is 52.3 Å². The van der Waals surface area contributed by atoms with Gasteiger partial charge in [-0.1, -0.05) is 35.8 Å². The number of fused-ring (bicyclic) bond motifs is 1. The van der Waals surface area contributed by atoms with Crippen molar-refractivity contribution >= 4 is 17.6 Å². The van der Waals surface area contributed by atoms with E-state index in [-0.39, 0.29) is 17.8 Å². The van der Waals surface area contributed by atoms with Gasteiger partial charge in [0.25, 0.3) is 0 Å². The largest absolute Gasteiger partial charge is 0.469 e. The molecule has 21 heavy (non-hydrogen) atoms. The van der Waals surface area contributed by atoms with Crippen LogP contribution in [0.25, 0.3) is 11.3 Å². The van der Waals surface area contributed by atoms with Gasteiger partial charge in [0.2, 0.25) is 0 Å². The van der Waals surface area contributed by atoms with E-state index < -0.39 is 0 Å². The van der Waals surface area contributed by atoms with Crippen molar-refractivity contribution in [2.75, 3.05) is 7.11 Å². The van der Waals surface area contributed by atoms with Gasteiger partial charge in [0, 0.05) is 28.5 Å². The Labute approximate surface area is 128 Å². The number of nitrogens with zero attached hydrogens (tertiary/aromatic N) is 1. The average molecular weight is 306 g/mol. The molecule has 2 atom stereocenters. The maximum Gasteiger partial charge on any atom is 0.309 e. The molecule has 2 aromatic rings. The maximum absolute atomic E-state index is 11.9. The Balaban J connectivity index is 2.02. The Morgan fingerprint density at radius 2 is 2.10 bits per heavy atom. The Morgan fingerprint density at radius 1 is 1.38 bits per heavy atom. The zero-order valence-corrected chi connectivity index (χ0v) is 12.7. The van der Waals surface area contributed by atoms with Crippen LogP contribution in [0.4, 0.5) is 0 Å². The highest BCUT2D eigenvalue weighted by Crippen LogP contribution is 2.42. The molecule has 110 valence electrons. The van der Waals surface area contributed by atoms with Crippen LogP contribution < -0.4 is 0 Å². The zero-order valence-electron chi connectivity index (χ0n) is 11.9. The highest BCUT2D eigenvalue weighted by Gasteiger charge is 2.37. The standard InChI is InChI=1S/C16H16ClNO3/c1-9-12(16(19)20-2)7-8-13-14(9)15(18-21-13)10-3-5-11(17)6-4-10/h3-6,9,12H,7-8H2,1-2H3. The van der Waals surface area contributed by atoms with Gasteiger partial charge in [-0.15, -0.1) is 0 Å². The highest BCUT2D eigenvalue weighted by atomic mass is 35.5. The summed E-state index contributed by atoms with van der Waals surface area (Å²) < 4.78 is 10.4. The van der Waals surface area contributed by atoms with Gasteiger partial charge in [0.05, 0.1) is 13.0 Å². The minimum atomic E-state index is -0.170. The van der Waals surface area contributed by atoms with Gasteiger partial charge in [0.15, 0.2) is 0 Å². The van der Waals surface area contributed by atoms with E-state index in [2.05, 4.69) is 5.16 Å². The molecular weight excluding hydrogens is 290 g/mol.